The first-order valence-corrected chi connectivity index (χ1v) is 13.5. The van der Waals surface area contributed by atoms with Gasteiger partial charge < -0.3 is 10.2 Å². The van der Waals surface area contributed by atoms with Gasteiger partial charge in [0.1, 0.15) is 5.01 Å². The highest BCUT2D eigenvalue weighted by Crippen LogP contribution is 2.29. The Morgan fingerprint density at radius 1 is 0.944 bits per heavy atom. The summed E-state index contributed by atoms with van der Waals surface area (Å²) in [4.78, 5) is 28.3. The van der Waals surface area contributed by atoms with Crippen molar-refractivity contribution in [3.63, 3.8) is 0 Å². The number of carbonyl (C=O) groups is 2. The second-order valence-corrected chi connectivity index (χ2v) is 10.5. The van der Waals surface area contributed by atoms with Crippen molar-refractivity contribution in [2.75, 3.05) is 11.9 Å². The standard InChI is InChI=1S/C28H27ClN4O2S/c29-23-10-6-9-21(18-23)26-31-32-28(36-26)30-25(34)15-16-33(24-11-2-1-3-12-24)27(35)22-14-13-19-7-4-5-8-20(19)17-22/h4-10,13-14,17-18,24H,1-3,11-12,15-16H2,(H,30,32,34). The summed E-state index contributed by atoms with van der Waals surface area (Å²) in [5, 5.41) is 15.0. The molecule has 3 aromatic carbocycles. The Bertz CT molecular complexity index is 1380. The molecule has 0 aliphatic heterocycles. The van der Waals surface area contributed by atoms with Gasteiger partial charge in [0.15, 0.2) is 0 Å². The predicted molar refractivity (Wildman–Crippen MR) is 145 cm³/mol. The van der Waals surface area contributed by atoms with Crippen molar-refractivity contribution in [1.82, 2.24) is 15.1 Å². The molecule has 0 radical (unpaired) electrons. The quantitative estimate of drug-likeness (QED) is 0.291. The zero-order valence-electron chi connectivity index (χ0n) is 19.8. The van der Waals surface area contributed by atoms with Crippen LogP contribution < -0.4 is 5.32 Å². The smallest absolute Gasteiger partial charge is 0.254 e. The van der Waals surface area contributed by atoms with Crippen LogP contribution in [0.2, 0.25) is 5.02 Å². The fourth-order valence-corrected chi connectivity index (χ4v) is 5.69. The number of hydrogen-bond donors (Lipinski definition) is 1. The summed E-state index contributed by atoms with van der Waals surface area (Å²) in [6.45, 7) is 0.363. The van der Waals surface area contributed by atoms with Crippen LogP contribution >= 0.6 is 22.9 Å². The van der Waals surface area contributed by atoms with E-state index in [1.165, 1.54) is 17.8 Å². The molecule has 1 saturated carbocycles. The van der Waals surface area contributed by atoms with Gasteiger partial charge in [-0.05, 0) is 47.9 Å². The first kappa shape index (κ1) is 24.4. The van der Waals surface area contributed by atoms with Gasteiger partial charge in [0, 0.05) is 35.2 Å². The van der Waals surface area contributed by atoms with Crippen molar-refractivity contribution < 1.29 is 9.59 Å². The molecule has 0 atom stereocenters. The van der Waals surface area contributed by atoms with Crippen LogP contribution in [0.5, 0.6) is 0 Å². The average Bonchev–Trinajstić information content (AvgIpc) is 3.37. The van der Waals surface area contributed by atoms with Crippen molar-refractivity contribution in [1.29, 1.82) is 0 Å². The maximum atomic E-state index is 13.6. The molecule has 0 spiro atoms. The topological polar surface area (TPSA) is 75.2 Å². The van der Waals surface area contributed by atoms with Crippen LogP contribution in [0, 0.1) is 0 Å². The highest BCUT2D eigenvalue weighted by atomic mass is 35.5. The average molecular weight is 519 g/mol. The molecule has 1 fully saturated rings. The zero-order chi connectivity index (χ0) is 24.9. The molecule has 6 nitrogen and oxygen atoms in total. The molecule has 1 aromatic heterocycles. The Labute approximate surface area is 219 Å². The van der Waals surface area contributed by atoms with Crippen molar-refractivity contribution in [2.45, 2.75) is 44.6 Å². The predicted octanol–water partition coefficient (Wildman–Crippen LogP) is 6.82. The molecule has 2 amide bonds. The number of amides is 2. The zero-order valence-corrected chi connectivity index (χ0v) is 21.4. The number of nitrogens with zero attached hydrogens (tertiary/aromatic N) is 3. The first-order chi connectivity index (χ1) is 17.6. The summed E-state index contributed by atoms with van der Waals surface area (Å²) in [6, 6.07) is 21.4. The fraction of sp³-hybridized carbons (Fsp3) is 0.286. The van der Waals surface area contributed by atoms with Gasteiger partial charge in [-0.3, -0.25) is 9.59 Å². The SMILES string of the molecule is O=C(CCN(C(=O)c1ccc2ccccc2c1)C1CCCCC1)Nc1nnc(-c2cccc(Cl)c2)s1. The van der Waals surface area contributed by atoms with E-state index in [9.17, 15) is 9.59 Å². The largest absolute Gasteiger partial charge is 0.335 e. The maximum Gasteiger partial charge on any atom is 0.254 e. The summed E-state index contributed by atoms with van der Waals surface area (Å²) in [5.41, 5.74) is 1.51. The van der Waals surface area contributed by atoms with E-state index >= 15 is 0 Å². The van der Waals surface area contributed by atoms with Gasteiger partial charge in [-0.15, -0.1) is 10.2 Å². The van der Waals surface area contributed by atoms with Gasteiger partial charge in [0.05, 0.1) is 0 Å². The third kappa shape index (κ3) is 5.74. The summed E-state index contributed by atoms with van der Waals surface area (Å²) in [6.07, 6.45) is 5.55. The van der Waals surface area contributed by atoms with Gasteiger partial charge in [0.25, 0.3) is 5.91 Å². The monoisotopic (exact) mass is 518 g/mol. The van der Waals surface area contributed by atoms with E-state index in [1.807, 2.05) is 65.6 Å². The van der Waals surface area contributed by atoms with Crippen molar-refractivity contribution in [3.05, 3.63) is 77.3 Å². The number of hydrogen-bond acceptors (Lipinski definition) is 5. The van der Waals surface area contributed by atoms with Gasteiger partial charge in [-0.1, -0.05) is 84.7 Å². The number of aromatic nitrogens is 2. The van der Waals surface area contributed by atoms with Gasteiger partial charge >= 0.3 is 0 Å². The number of halogens is 1. The van der Waals surface area contributed by atoms with E-state index in [1.54, 1.807) is 6.07 Å². The molecule has 8 heteroatoms. The highest BCUT2D eigenvalue weighted by Gasteiger charge is 2.27. The van der Waals surface area contributed by atoms with Crippen molar-refractivity contribution in [3.8, 4) is 10.6 Å². The molecular formula is C28H27ClN4O2S. The summed E-state index contributed by atoms with van der Waals surface area (Å²) in [7, 11) is 0. The molecule has 1 aliphatic rings. The molecular weight excluding hydrogens is 492 g/mol. The van der Waals surface area contributed by atoms with Gasteiger partial charge in [0.2, 0.25) is 11.0 Å². The first-order valence-electron chi connectivity index (χ1n) is 12.3. The van der Waals surface area contributed by atoms with E-state index in [0.29, 0.717) is 27.3 Å². The number of carbonyl (C=O) groups excluding carboxylic acids is 2. The lowest BCUT2D eigenvalue weighted by atomic mass is 9.93. The third-order valence-corrected chi connectivity index (χ3v) is 7.72. The molecule has 1 N–H and O–H groups in total. The number of benzene rings is 3. The minimum Gasteiger partial charge on any atom is -0.335 e. The van der Waals surface area contributed by atoms with Gasteiger partial charge in [-0.25, -0.2) is 0 Å². The Kier molecular flexibility index (Phi) is 7.58. The molecule has 0 unspecified atom stereocenters. The number of anilines is 1. The van der Waals surface area contributed by atoms with Crippen LogP contribution in [0.1, 0.15) is 48.9 Å². The van der Waals surface area contributed by atoms with Crippen LogP contribution in [-0.2, 0) is 4.79 Å². The van der Waals surface area contributed by atoms with E-state index in [2.05, 4.69) is 15.5 Å². The van der Waals surface area contributed by atoms with E-state index < -0.39 is 0 Å². The number of fused-ring (bicyclic) bond motifs is 1. The second kappa shape index (κ2) is 11.2. The molecule has 0 saturated heterocycles. The highest BCUT2D eigenvalue weighted by molar-refractivity contribution is 7.18. The van der Waals surface area contributed by atoms with Crippen LogP contribution in [0.25, 0.3) is 21.3 Å². The Morgan fingerprint density at radius 3 is 2.56 bits per heavy atom. The summed E-state index contributed by atoms with van der Waals surface area (Å²) < 4.78 is 0. The minimum atomic E-state index is -0.184. The Hall–Kier alpha value is -3.29. The molecule has 1 heterocycles. The van der Waals surface area contributed by atoms with E-state index in [-0.39, 0.29) is 24.3 Å². The maximum absolute atomic E-state index is 13.6. The molecule has 0 bridgehead atoms. The number of rotatable bonds is 7. The Morgan fingerprint density at radius 2 is 1.75 bits per heavy atom. The molecule has 184 valence electrons. The lowest BCUT2D eigenvalue weighted by molar-refractivity contribution is -0.116. The van der Waals surface area contributed by atoms with Crippen LogP contribution in [0.4, 0.5) is 5.13 Å². The van der Waals surface area contributed by atoms with E-state index in [0.717, 1.165) is 42.0 Å². The lowest BCUT2D eigenvalue weighted by Crippen LogP contribution is -2.43. The molecule has 1 aliphatic carbocycles. The molecule has 5 rings (SSSR count). The van der Waals surface area contributed by atoms with Crippen molar-refractivity contribution in [2.24, 2.45) is 0 Å². The van der Waals surface area contributed by atoms with Crippen molar-refractivity contribution >= 4 is 50.7 Å². The lowest BCUT2D eigenvalue weighted by Gasteiger charge is -2.34. The van der Waals surface area contributed by atoms with Crippen LogP contribution in [0.15, 0.2) is 66.7 Å². The molecule has 36 heavy (non-hydrogen) atoms. The van der Waals surface area contributed by atoms with Crippen LogP contribution in [0.3, 0.4) is 0 Å². The normalized spacial score (nSPS) is 14.0. The summed E-state index contributed by atoms with van der Waals surface area (Å²) in [5.74, 6) is -0.199. The minimum absolute atomic E-state index is 0.0142. The van der Waals surface area contributed by atoms with E-state index in [4.69, 9.17) is 11.6 Å². The Balaban J connectivity index is 1.27. The van der Waals surface area contributed by atoms with Gasteiger partial charge in [-0.2, -0.15) is 0 Å². The number of nitrogens with one attached hydrogen (secondary N) is 1. The third-order valence-electron chi connectivity index (χ3n) is 6.60. The summed E-state index contributed by atoms with van der Waals surface area (Å²) >= 11 is 7.37. The van der Waals surface area contributed by atoms with Crippen LogP contribution in [-0.4, -0.2) is 39.5 Å². The second-order valence-electron chi connectivity index (χ2n) is 9.07. The molecule has 4 aromatic rings. The fourth-order valence-electron chi connectivity index (χ4n) is 4.75.